The van der Waals surface area contributed by atoms with Gasteiger partial charge in [-0.15, -0.1) is 11.8 Å². The van der Waals surface area contributed by atoms with Gasteiger partial charge in [0.15, 0.2) is 0 Å². The first-order valence-electron chi connectivity index (χ1n) is 7.35. The molecular weight excluding hydrogens is 358 g/mol. The molecule has 0 aromatic heterocycles. The molecule has 2 rings (SSSR count). The highest BCUT2D eigenvalue weighted by Crippen LogP contribution is 2.20. The number of amides is 1. The van der Waals surface area contributed by atoms with Crippen LogP contribution in [0.5, 0.6) is 0 Å². The van der Waals surface area contributed by atoms with Crippen LogP contribution >= 0.6 is 27.7 Å². The molecule has 116 valence electrons. The number of halogens is 1. The highest BCUT2D eigenvalue weighted by Gasteiger charge is 2.08. The lowest BCUT2D eigenvalue weighted by molar-refractivity contribution is -0.119. The lowest BCUT2D eigenvalue weighted by Crippen LogP contribution is -2.34. The summed E-state index contributed by atoms with van der Waals surface area (Å²) in [6, 6.07) is 18.6. The lowest BCUT2D eigenvalue weighted by atomic mass is 10.1. The molecule has 2 nitrogen and oxygen atoms in total. The molecule has 0 fully saturated rings. The van der Waals surface area contributed by atoms with Gasteiger partial charge in [-0.05, 0) is 49.6 Å². The average molecular weight is 378 g/mol. The van der Waals surface area contributed by atoms with Crippen LogP contribution in [-0.4, -0.2) is 17.7 Å². The molecule has 0 spiro atoms. The van der Waals surface area contributed by atoms with E-state index >= 15 is 0 Å². The molecule has 2 aromatic rings. The van der Waals surface area contributed by atoms with Crippen LogP contribution < -0.4 is 5.32 Å². The number of hydrogen-bond acceptors (Lipinski definition) is 2. The van der Waals surface area contributed by atoms with Crippen molar-refractivity contribution in [3.8, 4) is 0 Å². The Morgan fingerprint density at radius 2 is 1.82 bits per heavy atom. The molecule has 0 heterocycles. The highest BCUT2D eigenvalue weighted by atomic mass is 79.9. The van der Waals surface area contributed by atoms with Gasteiger partial charge < -0.3 is 5.32 Å². The van der Waals surface area contributed by atoms with E-state index in [1.165, 1.54) is 5.56 Å². The van der Waals surface area contributed by atoms with Crippen molar-refractivity contribution in [2.45, 2.75) is 30.7 Å². The number of thioether (sulfide) groups is 1. The molecule has 22 heavy (non-hydrogen) atoms. The Balaban J connectivity index is 1.68. The fourth-order valence-electron chi connectivity index (χ4n) is 2.10. The zero-order valence-electron chi connectivity index (χ0n) is 12.6. The van der Waals surface area contributed by atoms with Crippen molar-refractivity contribution in [3.63, 3.8) is 0 Å². The molecule has 1 N–H and O–H groups in total. The molecule has 2 aromatic carbocycles. The lowest BCUT2D eigenvalue weighted by Gasteiger charge is -2.13. The van der Waals surface area contributed by atoms with Crippen LogP contribution in [0.15, 0.2) is 64.0 Å². The summed E-state index contributed by atoms with van der Waals surface area (Å²) in [5, 5.41) is 3.06. The Morgan fingerprint density at radius 3 is 2.50 bits per heavy atom. The summed E-state index contributed by atoms with van der Waals surface area (Å²) in [6.45, 7) is 2.06. The third kappa shape index (κ3) is 6.24. The van der Waals surface area contributed by atoms with E-state index in [9.17, 15) is 4.79 Å². The normalized spacial score (nSPS) is 11.9. The molecular formula is C18H20BrNOS. The van der Waals surface area contributed by atoms with Crippen LogP contribution in [0.1, 0.15) is 18.9 Å². The monoisotopic (exact) mass is 377 g/mol. The molecule has 1 atom stereocenters. The first-order chi connectivity index (χ1) is 10.6. The Morgan fingerprint density at radius 1 is 1.14 bits per heavy atom. The summed E-state index contributed by atoms with van der Waals surface area (Å²) >= 11 is 4.97. The van der Waals surface area contributed by atoms with E-state index in [4.69, 9.17) is 0 Å². The number of carbonyl (C=O) groups is 1. The topological polar surface area (TPSA) is 29.1 Å². The van der Waals surface area contributed by atoms with Crippen molar-refractivity contribution in [3.05, 3.63) is 64.6 Å². The third-order valence-corrected chi connectivity index (χ3v) is 4.84. The molecule has 1 amide bonds. The van der Waals surface area contributed by atoms with Gasteiger partial charge in [0.2, 0.25) is 5.91 Å². The van der Waals surface area contributed by atoms with E-state index in [1.54, 1.807) is 11.8 Å². The number of rotatable bonds is 7. The van der Waals surface area contributed by atoms with Crippen molar-refractivity contribution < 1.29 is 4.79 Å². The third-order valence-electron chi connectivity index (χ3n) is 3.30. The predicted molar refractivity (Wildman–Crippen MR) is 97.2 cm³/mol. The fourth-order valence-corrected chi connectivity index (χ4v) is 3.07. The second kappa shape index (κ2) is 9.01. The minimum Gasteiger partial charge on any atom is -0.353 e. The van der Waals surface area contributed by atoms with Crippen LogP contribution in [0.25, 0.3) is 0 Å². The van der Waals surface area contributed by atoms with Crippen LogP contribution in [0.3, 0.4) is 0 Å². The molecule has 0 radical (unpaired) electrons. The summed E-state index contributed by atoms with van der Waals surface area (Å²) in [5.74, 6) is 0.547. The van der Waals surface area contributed by atoms with Gasteiger partial charge in [0.25, 0.3) is 0 Å². The van der Waals surface area contributed by atoms with Crippen molar-refractivity contribution >= 4 is 33.6 Å². The zero-order chi connectivity index (χ0) is 15.8. The minimum atomic E-state index is 0.0912. The van der Waals surface area contributed by atoms with Gasteiger partial charge in [-0.2, -0.15) is 0 Å². The van der Waals surface area contributed by atoms with Gasteiger partial charge >= 0.3 is 0 Å². The van der Waals surface area contributed by atoms with Crippen molar-refractivity contribution in [2.75, 3.05) is 5.75 Å². The van der Waals surface area contributed by atoms with Crippen molar-refractivity contribution in [2.24, 2.45) is 0 Å². The number of benzene rings is 2. The minimum absolute atomic E-state index is 0.0912. The fraction of sp³-hybridized carbons (Fsp3) is 0.278. The SMILES string of the molecule is C[C@H](CCc1ccccc1)NC(=O)CSc1ccc(Br)cc1. The quantitative estimate of drug-likeness (QED) is 0.709. The van der Waals surface area contributed by atoms with Gasteiger partial charge in [-0.3, -0.25) is 4.79 Å². The molecule has 0 aliphatic rings. The Hall–Kier alpha value is -1.26. The molecule has 0 aliphatic heterocycles. The largest absolute Gasteiger partial charge is 0.353 e. The van der Waals surface area contributed by atoms with E-state index < -0.39 is 0 Å². The van der Waals surface area contributed by atoms with Gasteiger partial charge in [-0.25, -0.2) is 0 Å². The second-order valence-electron chi connectivity index (χ2n) is 5.24. The Kier molecular flexibility index (Phi) is 7.00. The van der Waals surface area contributed by atoms with Crippen LogP contribution in [0, 0.1) is 0 Å². The highest BCUT2D eigenvalue weighted by molar-refractivity contribution is 9.10. The summed E-state index contributed by atoms with van der Waals surface area (Å²) in [5.41, 5.74) is 1.31. The zero-order valence-corrected chi connectivity index (χ0v) is 15.0. The second-order valence-corrected chi connectivity index (χ2v) is 7.20. The van der Waals surface area contributed by atoms with E-state index in [0.29, 0.717) is 5.75 Å². The maximum absolute atomic E-state index is 12.0. The maximum atomic E-state index is 12.0. The first kappa shape index (κ1) is 17.1. The molecule has 4 heteroatoms. The van der Waals surface area contributed by atoms with Crippen molar-refractivity contribution in [1.82, 2.24) is 5.32 Å². The molecule has 0 saturated carbocycles. The van der Waals surface area contributed by atoms with Gasteiger partial charge in [0.05, 0.1) is 5.75 Å². The van der Waals surface area contributed by atoms with E-state index in [0.717, 1.165) is 22.2 Å². The van der Waals surface area contributed by atoms with E-state index in [1.807, 2.05) is 42.5 Å². The van der Waals surface area contributed by atoms with Crippen LogP contribution in [0.2, 0.25) is 0 Å². The molecule has 0 bridgehead atoms. The smallest absolute Gasteiger partial charge is 0.230 e. The predicted octanol–water partition coefficient (Wildman–Crippen LogP) is 4.68. The molecule has 0 unspecified atom stereocenters. The summed E-state index contributed by atoms with van der Waals surface area (Å²) < 4.78 is 1.05. The van der Waals surface area contributed by atoms with Gasteiger partial charge in [0, 0.05) is 15.4 Å². The Labute approximate surface area is 144 Å². The van der Waals surface area contributed by atoms with Gasteiger partial charge in [0.1, 0.15) is 0 Å². The van der Waals surface area contributed by atoms with E-state index in [2.05, 4.69) is 40.3 Å². The molecule has 0 saturated heterocycles. The average Bonchev–Trinajstić information content (AvgIpc) is 2.53. The number of hydrogen-bond donors (Lipinski definition) is 1. The standard InChI is InChI=1S/C18H20BrNOS/c1-14(7-8-15-5-3-2-4-6-15)20-18(21)13-22-17-11-9-16(19)10-12-17/h2-6,9-12,14H,7-8,13H2,1H3,(H,20,21)/t14-/m1/s1. The van der Waals surface area contributed by atoms with Crippen molar-refractivity contribution in [1.29, 1.82) is 0 Å². The molecule has 0 aliphatic carbocycles. The van der Waals surface area contributed by atoms with Crippen LogP contribution in [-0.2, 0) is 11.2 Å². The summed E-state index contributed by atoms with van der Waals surface area (Å²) in [6.07, 6.45) is 1.95. The first-order valence-corrected chi connectivity index (χ1v) is 9.13. The number of aryl methyl sites for hydroxylation is 1. The number of carbonyl (C=O) groups excluding carboxylic acids is 1. The van der Waals surface area contributed by atoms with Gasteiger partial charge in [-0.1, -0.05) is 46.3 Å². The Bertz CT molecular complexity index is 586. The van der Waals surface area contributed by atoms with E-state index in [-0.39, 0.29) is 11.9 Å². The van der Waals surface area contributed by atoms with Crippen LogP contribution in [0.4, 0.5) is 0 Å². The maximum Gasteiger partial charge on any atom is 0.230 e. The summed E-state index contributed by atoms with van der Waals surface area (Å²) in [7, 11) is 0. The number of nitrogens with one attached hydrogen (secondary N) is 1. The summed E-state index contributed by atoms with van der Waals surface area (Å²) in [4.78, 5) is 13.1.